The molecule has 0 atom stereocenters. The van der Waals surface area contributed by atoms with Crippen LogP contribution < -0.4 is 0 Å². The third-order valence-electron chi connectivity index (χ3n) is 2.73. The van der Waals surface area contributed by atoms with Crippen molar-refractivity contribution in [2.75, 3.05) is 13.1 Å². The topological polar surface area (TPSA) is 20.3 Å². The number of benzene rings is 1. The normalized spacial score (nSPS) is 14.9. The third kappa shape index (κ3) is 7.06. The van der Waals surface area contributed by atoms with Gasteiger partial charge >= 0.3 is 0 Å². The van der Waals surface area contributed by atoms with E-state index in [1.165, 1.54) is 12.1 Å². The van der Waals surface area contributed by atoms with Gasteiger partial charge in [0.25, 0.3) is 0 Å². The number of rotatable bonds is 2. The van der Waals surface area contributed by atoms with E-state index in [0.717, 1.165) is 25.2 Å². The minimum Gasteiger partial charge on any atom is -0.300 e. The number of nitrogens with zero attached hydrogens (tertiary/aromatic N) is 1. The van der Waals surface area contributed by atoms with E-state index >= 15 is 0 Å². The number of likely N-dealkylation sites (tertiary alicyclic amines) is 1. The van der Waals surface area contributed by atoms with Gasteiger partial charge < -0.3 is 0 Å². The van der Waals surface area contributed by atoms with Gasteiger partial charge in [-0.15, -0.1) is 0 Å². The van der Waals surface area contributed by atoms with Gasteiger partial charge in [-0.1, -0.05) is 39.8 Å². The Bertz CT molecular complexity index is 338. The maximum absolute atomic E-state index is 12.7. The Hall–Kier alpha value is -1.22. The molecule has 0 amide bonds. The smallest absolute Gasteiger partial charge is 0.135 e. The number of hydrogen-bond donors (Lipinski definition) is 0. The molecule has 1 aliphatic rings. The second kappa shape index (κ2) is 10.7. The molecule has 3 heteroatoms. The lowest BCUT2D eigenvalue weighted by Gasteiger charge is -2.25. The Labute approximate surface area is 116 Å². The summed E-state index contributed by atoms with van der Waals surface area (Å²) in [6.07, 6.45) is 1.31. The summed E-state index contributed by atoms with van der Waals surface area (Å²) in [7, 11) is 0. The molecule has 19 heavy (non-hydrogen) atoms. The van der Waals surface area contributed by atoms with Crippen molar-refractivity contribution in [3.8, 4) is 0 Å². The van der Waals surface area contributed by atoms with Gasteiger partial charge in [0.1, 0.15) is 11.6 Å². The van der Waals surface area contributed by atoms with Gasteiger partial charge in [-0.25, -0.2) is 4.39 Å². The summed E-state index contributed by atoms with van der Waals surface area (Å²) in [5.74, 6) is 0.151. The lowest BCUT2D eigenvalue weighted by molar-refractivity contribution is -0.121. The van der Waals surface area contributed by atoms with E-state index in [1.54, 1.807) is 12.1 Å². The fourth-order valence-corrected chi connectivity index (χ4v) is 1.81. The van der Waals surface area contributed by atoms with Crippen molar-refractivity contribution < 1.29 is 9.18 Å². The molecular formula is C16H26FNO. The summed E-state index contributed by atoms with van der Waals surface area (Å²) in [6.45, 7) is 10.5. The molecular weight excluding hydrogens is 241 g/mol. The van der Waals surface area contributed by atoms with Crippen LogP contribution in [0, 0.1) is 5.82 Å². The Morgan fingerprint density at radius 1 is 1.00 bits per heavy atom. The maximum Gasteiger partial charge on any atom is 0.135 e. The SMILES string of the molecule is CC.CC.O=C1CCN(Cc2ccc(F)cc2)CC1. The number of halogens is 1. The van der Waals surface area contributed by atoms with Crippen molar-refractivity contribution in [3.05, 3.63) is 35.6 Å². The zero-order chi connectivity index (χ0) is 14.7. The molecule has 2 rings (SSSR count). The number of Topliss-reactive ketones (excluding diaryl/α,β-unsaturated/α-hetero) is 1. The van der Waals surface area contributed by atoms with Crippen LogP contribution in [0.2, 0.25) is 0 Å². The van der Waals surface area contributed by atoms with Crippen LogP contribution in [0.3, 0.4) is 0 Å². The average molecular weight is 267 g/mol. The largest absolute Gasteiger partial charge is 0.300 e. The molecule has 0 N–H and O–H groups in total. The van der Waals surface area contributed by atoms with E-state index in [-0.39, 0.29) is 5.82 Å². The minimum atomic E-state index is -0.201. The Morgan fingerprint density at radius 2 is 1.47 bits per heavy atom. The molecule has 0 unspecified atom stereocenters. The van der Waals surface area contributed by atoms with Crippen molar-refractivity contribution in [1.29, 1.82) is 0 Å². The molecule has 0 aromatic heterocycles. The zero-order valence-corrected chi connectivity index (χ0v) is 12.6. The Morgan fingerprint density at radius 3 is 1.95 bits per heavy atom. The molecule has 0 saturated carbocycles. The first kappa shape index (κ1) is 17.8. The summed E-state index contributed by atoms with van der Waals surface area (Å²) < 4.78 is 12.7. The van der Waals surface area contributed by atoms with E-state index in [2.05, 4.69) is 4.90 Å². The molecule has 0 spiro atoms. The molecule has 108 valence electrons. The number of carbonyl (C=O) groups is 1. The predicted octanol–water partition coefficient (Wildman–Crippen LogP) is 4.04. The fraction of sp³-hybridized carbons (Fsp3) is 0.562. The lowest BCUT2D eigenvalue weighted by Crippen LogP contribution is -2.33. The second-order valence-corrected chi connectivity index (χ2v) is 3.94. The fourth-order valence-electron chi connectivity index (χ4n) is 1.81. The Balaban J connectivity index is 0.000000741. The van der Waals surface area contributed by atoms with Gasteiger partial charge in [0.15, 0.2) is 0 Å². The van der Waals surface area contributed by atoms with Crippen LogP contribution in [-0.4, -0.2) is 23.8 Å². The average Bonchev–Trinajstić information content (AvgIpc) is 2.48. The van der Waals surface area contributed by atoms with Crippen molar-refractivity contribution in [2.24, 2.45) is 0 Å². The van der Waals surface area contributed by atoms with E-state index < -0.39 is 0 Å². The molecule has 1 aromatic rings. The van der Waals surface area contributed by atoms with Gasteiger partial charge in [0.2, 0.25) is 0 Å². The summed E-state index contributed by atoms with van der Waals surface area (Å²) in [4.78, 5) is 13.3. The molecule has 1 saturated heterocycles. The molecule has 2 nitrogen and oxygen atoms in total. The molecule has 1 fully saturated rings. The highest BCUT2D eigenvalue weighted by Crippen LogP contribution is 2.11. The van der Waals surface area contributed by atoms with Crippen LogP contribution >= 0.6 is 0 Å². The molecule has 0 radical (unpaired) electrons. The molecule has 0 aliphatic carbocycles. The summed E-state index contributed by atoms with van der Waals surface area (Å²) >= 11 is 0. The van der Waals surface area contributed by atoms with E-state index in [1.807, 2.05) is 27.7 Å². The number of ketones is 1. The van der Waals surface area contributed by atoms with Gasteiger partial charge in [-0.2, -0.15) is 0 Å². The highest BCUT2D eigenvalue weighted by atomic mass is 19.1. The summed E-state index contributed by atoms with van der Waals surface area (Å²) in [5.41, 5.74) is 1.10. The highest BCUT2D eigenvalue weighted by Gasteiger charge is 2.15. The predicted molar refractivity (Wildman–Crippen MR) is 78.6 cm³/mol. The first-order valence-corrected chi connectivity index (χ1v) is 7.22. The van der Waals surface area contributed by atoms with Crippen LogP contribution in [0.1, 0.15) is 46.1 Å². The van der Waals surface area contributed by atoms with E-state index in [0.29, 0.717) is 18.6 Å². The van der Waals surface area contributed by atoms with Crippen LogP contribution in [0.5, 0.6) is 0 Å². The first-order valence-electron chi connectivity index (χ1n) is 7.22. The second-order valence-electron chi connectivity index (χ2n) is 3.94. The zero-order valence-electron chi connectivity index (χ0n) is 12.6. The first-order chi connectivity index (χ1) is 9.24. The van der Waals surface area contributed by atoms with Crippen molar-refractivity contribution in [3.63, 3.8) is 0 Å². The van der Waals surface area contributed by atoms with E-state index in [4.69, 9.17) is 0 Å². The van der Waals surface area contributed by atoms with Crippen LogP contribution in [0.4, 0.5) is 4.39 Å². The molecule has 1 heterocycles. The van der Waals surface area contributed by atoms with E-state index in [9.17, 15) is 9.18 Å². The van der Waals surface area contributed by atoms with Gasteiger partial charge in [0.05, 0.1) is 0 Å². The van der Waals surface area contributed by atoms with Gasteiger partial charge in [-0.05, 0) is 17.7 Å². The molecule has 1 aliphatic heterocycles. The minimum absolute atomic E-state index is 0.201. The number of carbonyl (C=O) groups excluding carboxylic acids is 1. The van der Waals surface area contributed by atoms with Gasteiger partial charge in [-0.3, -0.25) is 9.69 Å². The van der Waals surface area contributed by atoms with Crippen molar-refractivity contribution >= 4 is 5.78 Å². The van der Waals surface area contributed by atoms with Crippen LogP contribution in [0.25, 0.3) is 0 Å². The highest BCUT2D eigenvalue weighted by molar-refractivity contribution is 5.79. The third-order valence-corrected chi connectivity index (χ3v) is 2.73. The van der Waals surface area contributed by atoms with Crippen LogP contribution in [-0.2, 0) is 11.3 Å². The number of hydrogen-bond acceptors (Lipinski definition) is 2. The number of piperidine rings is 1. The Kier molecular flexibility index (Phi) is 9.99. The van der Waals surface area contributed by atoms with Crippen molar-refractivity contribution in [1.82, 2.24) is 4.90 Å². The van der Waals surface area contributed by atoms with Crippen LogP contribution in [0.15, 0.2) is 24.3 Å². The molecule has 0 bridgehead atoms. The monoisotopic (exact) mass is 267 g/mol. The molecule has 1 aromatic carbocycles. The maximum atomic E-state index is 12.7. The standard InChI is InChI=1S/C12H14FNO.2C2H6/c13-11-3-1-10(2-4-11)9-14-7-5-12(15)6-8-14;2*1-2/h1-4H,5-9H2;2*1-2H3. The quantitative estimate of drug-likeness (QED) is 0.806. The van der Waals surface area contributed by atoms with Gasteiger partial charge in [0, 0.05) is 32.5 Å². The summed E-state index contributed by atoms with van der Waals surface area (Å²) in [6, 6.07) is 6.55. The lowest BCUT2D eigenvalue weighted by atomic mass is 10.1. The van der Waals surface area contributed by atoms with Crippen molar-refractivity contribution in [2.45, 2.75) is 47.1 Å². The summed E-state index contributed by atoms with van der Waals surface area (Å²) in [5, 5.41) is 0.